The summed E-state index contributed by atoms with van der Waals surface area (Å²) in [7, 11) is 3.51. The Balaban J connectivity index is 1.59. The van der Waals surface area contributed by atoms with Crippen LogP contribution in [0.15, 0.2) is 59.6 Å². The fourth-order valence-electron chi connectivity index (χ4n) is 9.58. The van der Waals surface area contributed by atoms with Gasteiger partial charge >= 0.3 is 11.9 Å². The normalized spacial score (nSPS) is 24.3. The van der Waals surface area contributed by atoms with Crippen LogP contribution in [0, 0.1) is 0 Å². The molecule has 0 saturated carbocycles. The van der Waals surface area contributed by atoms with Gasteiger partial charge in [0.2, 0.25) is 65.0 Å². The van der Waals surface area contributed by atoms with Crippen LogP contribution in [0.3, 0.4) is 0 Å². The molecule has 20 N–H and O–H groups in total. The number of phenols is 1. The number of fused-ring (bicyclic) bond motifs is 4. The van der Waals surface area contributed by atoms with Gasteiger partial charge in [-0.1, -0.05) is 85.6 Å². The van der Waals surface area contributed by atoms with Crippen LogP contribution in [0.4, 0.5) is 0 Å². The molecule has 3 aliphatic heterocycles. The highest BCUT2D eigenvalue weighted by Gasteiger charge is 2.42. The summed E-state index contributed by atoms with van der Waals surface area (Å²) >= 11 is 1.32. The van der Waals surface area contributed by atoms with E-state index in [9.17, 15) is 78.0 Å². The molecular formula is C57H81N15O17S5. The zero-order chi connectivity index (χ0) is 69.0. The van der Waals surface area contributed by atoms with Crippen molar-refractivity contribution in [3.05, 3.63) is 65.7 Å². The molecule has 11 amide bonds. The Kier molecular flexibility index (Phi) is 32.1. The highest BCUT2D eigenvalue weighted by atomic mass is 33.1. The molecule has 94 heavy (non-hydrogen) atoms. The van der Waals surface area contributed by atoms with Gasteiger partial charge in [-0.25, -0.2) is 4.79 Å². The number of carbonyl (C=O) groups excluding carboxylic acids is 11. The van der Waals surface area contributed by atoms with E-state index in [1.807, 2.05) is 0 Å². The number of amides is 11. The monoisotopic (exact) mass is 1410 g/mol. The molecule has 37 heteroatoms. The quantitative estimate of drug-likeness (QED) is 0.0231. The summed E-state index contributed by atoms with van der Waals surface area (Å²) in [4.78, 5) is 187. The molecule has 12 atom stereocenters. The van der Waals surface area contributed by atoms with E-state index in [-0.39, 0.29) is 92.8 Å². The van der Waals surface area contributed by atoms with E-state index >= 15 is 4.79 Å². The minimum Gasteiger partial charge on any atom is -0.508 e. The third-order valence-electron chi connectivity index (χ3n) is 14.8. The van der Waals surface area contributed by atoms with Crippen molar-refractivity contribution in [2.75, 3.05) is 54.7 Å². The number of guanidine groups is 1. The van der Waals surface area contributed by atoms with Gasteiger partial charge in [0.05, 0.1) is 12.6 Å². The number of carboxylic acid groups (broad SMARTS) is 2. The first kappa shape index (κ1) is 77.0. The molecular weight excluding hydrogens is 1330 g/mol. The Morgan fingerprint density at radius 2 is 1.28 bits per heavy atom. The van der Waals surface area contributed by atoms with Crippen LogP contribution in [-0.2, 0) is 75.2 Å². The molecule has 3 saturated heterocycles. The van der Waals surface area contributed by atoms with Gasteiger partial charge in [0.25, 0.3) is 0 Å². The van der Waals surface area contributed by atoms with Crippen LogP contribution < -0.4 is 70.4 Å². The van der Waals surface area contributed by atoms with Crippen molar-refractivity contribution in [2.45, 2.75) is 137 Å². The van der Waals surface area contributed by atoms with Gasteiger partial charge in [-0.05, 0) is 87.1 Å². The molecule has 3 aliphatic rings. The van der Waals surface area contributed by atoms with E-state index in [0.717, 1.165) is 48.7 Å². The number of carboxylic acids is 2. The van der Waals surface area contributed by atoms with Crippen LogP contribution in [-0.4, -0.2) is 235 Å². The van der Waals surface area contributed by atoms with Crippen molar-refractivity contribution in [3.8, 4) is 5.75 Å². The zero-order valence-corrected chi connectivity index (χ0v) is 55.5. The predicted octanol–water partition coefficient (Wildman–Crippen LogP) is -4.10. The van der Waals surface area contributed by atoms with E-state index in [2.05, 4.69) is 58.2 Å². The molecule has 32 nitrogen and oxygen atoms in total. The first-order chi connectivity index (χ1) is 44.8. The molecule has 2 aromatic carbocycles. The topological polar surface area (TPSA) is 517 Å². The number of hydrogen-bond acceptors (Lipinski definition) is 22. The van der Waals surface area contributed by atoms with Gasteiger partial charge in [-0.3, -0.25) is 62.5 Å². The molecule has 2 unspecified atom stereocenters. The smallest absolute Gasteiger partial charge is 0.326 e. The standard InChI is InChI=1S/C57H81N15O17S5/c1-29(62-46(78)33(58)22-30-8-4-3-5-9-30)45(77)68-39-25-91-93-27-41-52(84)67-38(24-73)49(81)69-40(51(83)65-36(56(88)89)16-17-44(75)76)26-92-94-28-42(53(85)70-41)71-54(86)43-11-7-20-72(43)55(87)37(23-31-12-14-32(74)15-13-31)66-47(79)34(10-6-19-61-57(59)60)63-48(80)35(18-21-90-2)64-50(39)82/h3-5,8-9,12-15,29,33-43,73-74H,6-7,10-11,16-28,58H2,1-2H3,(H,62,78)(H,63,80)(H,64,82)(H,65,83)(H,66,79)(H,67,84)(H,68,77)(H,69,81)(H,70,85)(H,71,86)(H,75,76)(H,88,89)(H4,59,60,61)/t29-,33-,34?,35-,36-,37-,38-,39?,40-,41+,42-,43-/m0/s1. The molecule has 3 fully saturated rings. The first-order valence-corrected chi connectivity index (χ1v) is 36.2. The summed E-state index contributed by atoms with van der Waals surface area (Å²) in [6, 6.07) is -3.39. The number of thioether (sulfide) groups is 1. The minimum absolute atomic E-state index is 0.00409. The van der Waals surface area contributed by atoms with Crippen molar-refractivity contribution in [1.82, 2.24) is 58.1 Å². The van der Waals surface area contributed by atoms with E-state index in [4.69, 9.17) is 17.2 Å². The molecule has 0 aromatic heterocycles. The van der Waals surface area contributed by atoms with Crippen LogP contribution in [0.25, 0.3) is 0 Å². The van der Waals surface area contributed by atoms with Crippen molar-refractivity contribution >= 4 is 138 Å². The second-order valence-electron chi connectivity index (χ2n) is 22.0. The molecule has 2 aromatic rings. The maximum absolute atomic E-state index is 15.1. The lowest BCUT2D eigenvalue weighted by Crippen LogP contribution is -2.61. The van der Waals surface area contributed by atoms with Gasteiger partial charge in [0.1, 0.15) is 72.2 Å². The number of phenolic OH excluding ortho intramolecular Hbond substituents is 1. The highest BCUT2D eigenvalue weighted by molar-refractivity contribution is 8.77. The third-order valence-corrected chi connectivity index (χ3v) is 20.2. The lowest BCUT2D eigenvalue weighted by molar-refractivity contribution is -0.143. The van der Waals surface area contributed by atoms with Gasteiger partial charge in [0, 0.05) is 48.9 Å². The number of benzene rings is 2. The average molecular weight is 1410 g/mol. The largest absolute Gasteiger partial charge is 0.508 e. The fourth-order valence-corrected chi connectivity index (χ4v) is 14.7. The minimum atomic E-state index is -1.84. The number of aliphatic imine (C=N–C) groups is 1. The molecule has 0 spiro atoms. The lowest BCUT2D eigenvalue weighted by atomic mass is 10.0. The number of hydrogen-bond donors (Lipinski definition) is 17. The van der Waals surface area contributed by atoms with Crippen LogP contribution in [0.5, 0.6) is 5.75 Å². The summed E-state index contributed by atoms with van der Waals surface area (Å²) in [5, 5.41) is 65.2. The van der Waals surface area contributed by atoms with E-state index in [1.54, 1.807) is 36.6 Å². The van der Waals surface area contributed by atoms with Crippen LogP contribution in [0.1, 0.15) is 63.0 Å². The maximum Gasteiger partial charge on any atom is 0.326 e. The number of nitrogens with two attached hydrogens (primary N) is 3. The summed E-state index contributed by atoms with van der Waals surface area (Å²) in [5.74, 6) is -14.7. The van der Waals surface area contributed by atoms with Crippen LogP contribution in [0.2, 0.25) is 0 Å². The SMILES string of the molecule is CSCC[C@@H]1NC(=O)C(NC(=O)[C@H](C)NC(=O)[C@@H](N)Cc2ccccc2)CSSC[C@H]2NC(=O)[C@H](CSSC[C@@H](C(=O)N[C@@H](CCC(=O)O)C(=O)O)NC(=O)[C@H](CO)NC2=O)NC(=O)[C@@H]2CCCN2C(=O)[C@H](Cc2ccc(O)cc2)NC(=O)C(CCCN=C(N)N)NC1=O. The van der Waals surface area contributed by atoms with Gasteiger partial charge < -0.3 is 95.7 Å². The average Bonchev–Trinajstić information content (AvgIpc) is 1.58. The number of carbonyl (C=O) groups is 13. The van der Waals surface area contributed by atoms with E-state index in [1.165, 1.54) is 47.9 Å². The number of aliphatic hydroxyl groups is 1. The Hall–Kier alpha value is -7.71. The molecule has 516 valence electrons. The number of aromatic hydroxyl groups is 1. The molecule has 0 aliphatic carbocycles. The molecule has 5 rings (SSSR count). The number of nitrogens with zero attached hydrogens (tertiary/aromatic N) is 2. The van der Waals surface area contributed by atoms with Gasteiger partial charge in [-0.15, -0.1) is 0 Å². The second kappa shape index (κ2) is 39.2. The predicted molar refractivity (Wildman–Crippen MR) is 354 cm³/mol. The van der Waals surface area contributed by atoms with Crippen molar-refractivity contribution in [3.63, 3.8) is 0 Å². The Morgan fingerprint density at radius 3 is 1.90 bits per heavy atom. The van der Waals surface area contributed by atoms with Crippen molar-refractivity contribution in [1.29, 1.82) is 0 Å². The molecule has 3 heterocycles. The summed E-state index contributed by atoms with van der Waals surface area (Å²) < 4.78 is 0. The Morgan fingerprint density at radius 1 is 0.691 bits per heavy atom. The van der Waals surface area contributed by atoms with E-state index in [0.29, 0.717) is 5.56 Å². The summed E-state index contributed by atoms with van der Waals surface area (Å²) in [6.45, 7) is 0.225. The Labute approximate surface area is 561 Å². The maximum atomic E-state index is 15.1. The van der Waals surface area contributed by atoms with Crippen LogP contribution >= 0.6 is 54.9 Å². The lowest BCUT2D eigenvalue weighted by Gasteiger charge is -2.31. The fraction of sp³-hybridized carbons (Fsp3) is 0.544. The number of aliphatic carboxylic acids is 2. The summed E-state index contributed by atoms with van der Waals surface area (Å²) in [5.41, 5.74) is 18.6. The summed E-state index contributed by atoms with van der Waals surface area (Å²) in [6.07, 6.45) is 0.686. The van der Waals surface area contributed by atoms with Crippen molar-refractivity contribution < 1.29 is 82.8 Å². The van der Waals surface area contributed by atoms with Gasteiger partial charge in [-0.2, -0.15) is 11.8 Å². The van der Waals surface area contributed by atoms with Gasteiger partial charge in [0.15, 0.2) is 5.96 Å². The van der Waals surface area contributed by atoms with Crippen molar-refractivity contribution in [2.24, 2.45) is 22.2 Å². The second-order valence-corrected chi connectivity index (χ2v) is 28.0. The number of aliphatic hydroxyl groups excluding tert-OH is 1. The number of nitrogens with one attached hydrogen (secondary N) is 10. The third kappa shape index (κ3) is 25.2. The number of rotatable bonds is 22. The van der Waals surface area contributed by atoms with E-state index < -0.39 is 175 Å². The highest BCUT2D eigenvalue weighted by Crippen LogP contribution is 2.27. The Bertz CT molecular complexity index is 3030. The molecule has 2 bridgehead atoms. The zero-order valence-electron chi connectivity index (χ0n) is 51.4. The molecule has 0 radical (unpaired) electrons. The first-order valence-electron chi connectivity index (χ1n) is 29.8.